The first-order chi connectivity index (χ1) is 14.7. The predicted molar refractivity (Wildman–Crippen MR) is 116 cm³/mol. The van der Waals surface area contributed by atoms with Crippen molar-refractivity contribution in [2.45, 2.75) is 24.8 Å². The number of fused-ring (bicyclic) bond motifs is 2. The molecule has 1 atom stereocenters. The molecule has 1 unspecified atom stereocenters. The van der Waals surface area contributed by atoms with Gasteiger partial charge >= 0.3 is 5.97 Å². The molecular formula is C22H18BrNO6S. The smallest absolute Gasteiger partial charge is 0.339 e. The SMILES string of the molecule is CCOC(=O)C1=CN(S(=O)(=O)c2ccc(C)cc2)C=C2C(=O)c3cc(Br)ccc3OC12. The number of hydrogen-bond acceptors (Lipinski definition) is 6. The molecule has 2 aliphatic heterocycles. The number of rotatable bonds is 4. The molecule has 0 amide bonds. The van der Waals surface area contributed by atoms with Gasteiger partial charge < -0.3 is 9.47 Å². The minimum atomic E-state index is -4.06. The molecular weight excluding hydrogens is 486 g/mol. The van der Waals surface area contributed by atoms with Crippen LogP contribution >= 0.6 is 15.9 Å². The Morgan fingerprint density at radius 2 is 1.87 bits per heavy atom. The summed E-state index contributed by atoms with van der Waals surface area (Å²) in [7, 11) is -4.06. The molecule has 9 heteroatoms. The topological polar surface area (TPSA) is 90.0 Å². The molecule has 160 valence electrons. The number of nitrogens with zero attached hydrogens (tertiary/aromatic N) is 1. The average Bonchev–Trinajstić information content (AvgIpc) is 2.74. The van der Waals surface area contributed by atoms with Crippen LogP contribution in [0.3, 0.4) is 0 Å². The van der Waals surface area contributed by atoms with E-state index in [0.29, 0.717) is 10.2 Å². The molecule has 2 aliphatic rings. The number of aryl methyl sites for hydroxylation is 1. The summed E-state index contributed by atoms with van der Waals surface area (Å²) < 4.78 is 39.0. The van der Waals surface area contributed by atoms with E-state index in [0.717, 1.165) is 16.1 Å². The molecule has 0 fully saturated rings. The third kappa shape index (κ3) is 3.79. The lowest BCUT2D eigenvalue weighted by Gasteiger charge is -2.33. The molecule has 0 saturated carbocycles. The van der Waals surface area contributed by atoms with Gasteiger partial charge in [-0.1, -0.05) is 33.6 Å². The second-order valence-corrected chi connectivity index (χ2v) is 9.76. The molecule has 2 aromatic carbocycles. The van der Waals surface area contributed by atoms with E-state index in [2.05, 4.69) is 15.9 Å². The van der Waals surface area contributed by atoms with Crippen molar-refractivity contribution in [2.24, 2.45) is 0 Å². The lowest BCUT2D eigenvalue weighted by atomic mass is 9.90. The number of benzene rings is 2. The molecule has 7 nitrogen and oxygen atoms in total. The summed E-state index contributed by atoms with van der Waals surface area (Å²) in [6.07, 6.45) is 1.29. The number of esters is 1. The van der Waals surface area contributed by atoms with Crippen LogP contribution in [-0.4, -0.2) is 37.2 Å². The molecule has 4 rings (SSSR count). The lowest BCUT2D eigenvalue weighted by molar-refractivity contribution is -0.139. The van der Waals surface area contributed by atoms with Gasteiger partial charge in [-0.15, -0.1) is 0 Å². The maximum atomic E-state index is 13.2. The second kappa shape index (κ2) is 7.97. The van der Waals surface area contributed by atoms with Crippen LogP contribution in [-0.2, 0) is 19.6 Å². The Morgan fingerprint density at radius 1 is 1.16 bits per heavy atom. The van der Waals surface area contributed by atoms with Gasteiger partial charge in [0, 0.05) is 16.9 Å². The van der Waals surface area contributed by atoms with E-state index in [1.807, 2.05) is 6.92 Å². The monoisotopic (exact) mass is 503 g/mol. The van der Waals surface area contributed by atoms with E-state index in [4.69, 9.17) is 9.47 Å². The summed E-state index contributed by atoms with van der Waals surface area (Å²) in [4.78, 5) is 25.9. The van der Waals surface area contributed by atoms with Crippen LogP contribution in [0.15, 0.2) is 75.4 Å². The standard InChI is InChI=1S/C22H18BrNO6S/c1-3-29-22(26)18-12-24(31(27,28)15-7-4-13(2)5-8-15)11-17-20(25)16-10-14(23)6-9-19(16)30-21(17)18/h4-12,21H,3H2,1-2H3. The normalized spacial score (nSPS) is 17.7. The van der Waals surface area contributed by atoms with Gasteiger partial charge in [-0.2, -0.15) is 0 Å². The second-order valence-electron chi connectivity index (χ2n) is 7.00. The zero-order chi connectivity index (χ0) is 22.3. The van der Waals surface area contributed by atoms with Crippen LogP contribution in [0.4, 0.5) is 0 Å². The Balaban J connectivity index is 1.85. The summed E-state index contributed by atoms with van der Waals surface area (Å²) >= 11 is 3.32. The van der Waals surface area contributed by atoms with Crippen LogP contribution in [0.25, 0.3) is 0 Å². The molecule has 0 aliphatic carbocycles. The molecule has 0 aromatic heterocycles. The van der Waals surface area contributed by atoms with Gasteiger partial charge in [0.15, 0.2) is 11.9 Å². The molecule has 0 radical (unpaired) electrons. The summed E-state index contributed by atoms with van der Waals surface area (Å²) in [6.45, 7) is 3.57. The fourth-order valence-electron chi connectivity index (χ4n) is 3.33. The molecule has 31 heavy (non-hydrogen) atoms. The van der Waals surface area contributed by atoms with Crippen molar-refractivity contribution in [2.75, 3.05) is 6.61 Å². The minimum absolute atomic E-state index is 0.0279. The van der Waals surface area contributed by atoms with Crippen molar-refractivity contribution < 1.29 is 27.5 Å². The van der Waals surface area contributed by atoms with E-state index in [1.54, 1.807) is 37.3 Å². The van der Waals surface area contributed by atoms with E-state index >= 15 is 0 Å². The first-order valence-corrected chi connectivity index (χ1v) is 11.7. The highest BCUT2D eigenvalue weighted by molar-refractivity contribution is 9.10. The molecule has 0 N–H and O–H groups in total. The van der Waals surface area contributed by atoms with Crippen LogP contribution in [0.5, 0.6) is 5.75 Å². The number of carbonyl (C=O) groups excluding carboxylic acids is 2. The van der Waals surface area contributed by atoms with Crippen LogP contribution < -0.4 is 4.74 Å². The zero-order valence-corrected chi connectivity index (χ0v) is 19.1. The number of hydrogen-bond donors (Lipinski definition) is 0. The fraction of sp³-hybridized carbons (Fsp3) is 0.182. The molecule has 2 aromatic rings. The first-order valence-electron chi connectivity index (χ1n) is 9.44. The molecule has 0 saturated heterocycles. The van der Waals surface area contributed by atoms with Crippen molar-refractivity contribution in [1.82, 2.24) is 4.31 Å². The number of Topliss-reactive ketones (excluding diaryl/α,β-unsaturated/α-hetero) is 1. The Kier molecular flexibility index (Phi) is 5.49. The van der Waals surface area contributed by atoms with Gasteiger partial charge in [0.05, 0.1) is 28.2 Å². The van der Waals surface area contributed by atoms with Crippen molar-refractivity contribution in [3.05, 3.63) is 81.6 Å². The number of sulfonamides is 1. The number of ketones is 1. The highest BCUT2D eigenvalue weighted by Crippen LogP contribution is 2.38. The van der Waals surface area contributed by atoms with Crippen molar-refractivity contribution in [3.63, 3.8) is 0 Å². The highest BCUT2D eigenvalue weighted by Gasteiger charge is 2.42. The third-order valence-corrected chi connectivity index (χ3v) is 7.03. The maximum absolute atomic E-state index is 13.2. The Labute approximate surface area is 188 Å². The zero-order valence-electron chi connectivity index (χ0n) is 16.7. The highest BCUT2D eigenvalue weighted by atomic mass is 79.9. The lowest BCUT2D eigenvalue weighted by Crippen LogP contribution is -2.40. The average molecular weight is 504 g/mol. The maximum Gasteiger partial charge on any atom is 0.339 e. The summed E-state index contributed by atoms with van der Waals surface area (Å²) in [5.41, 5.74) is 1.13. The summed E-state index contributed by atoms with van der Waals surface area (Å²) in [5.74, 6) is -0.873. The predicted octanol–water partition coefficient (Wildman–Crippen LogP) is 3.74. The van der Waals surface area contributed by atoms with Gasteiger partial charge in [0.1, 0.15) is 5.75 Å². The van der Waals surface area contributed by atoms with Gasteiger partial charge in [-0.05, 0) is 44.2 Å². The molecule has 2 heterocycles. The van der Waals surface area contributed by atoms with Crippen molar-refractivity contribution >= 4 is 37.7 Å². The van der Waals surface area contributed by atoms with Gasteiger partial charge in [-0.3, -0.25) is 4.79 Å². The minimum Gasteiger partial charge on any atom is -0.480 e. The van der Waals surface area contributed by atoms with Crippen LogP contribution in [0.2, 0.25) is 0 Å². The van der Waals surface area contributed by atoms with Crippen LogP contribution in [0, 0.1) is 6.92 Å². The molecule has 0 spiro atoms. The largest absolute Gasteiger partial charge is 0.480 e. The Morgan fingerprint density at radius 3 is 2.55 bits per heavy atom. The Hall–Kier alpha value is -2.91. The van der Waals surface area contributed by atoms with Crippen molar-refractivity contribution in [3.8, 4) is 5.75 Å². The number of ether oxygens (including phenoxy) is 2. The van der Waals surface area contributed by atoms with E-state index < -0.39 is 27.9 Å². The van der Waals surface area contributed by atoms with Gasteiger partial charge in [-0.25, -0.2) is 17.5 Å². The fourth-order valence-corrected chi connectivity index (χ4v) is 4.92. The molecule has 0 bridgehead atoms. The number of carbonyl (C=O) groups is 2. The Bertz CT molecular complexity index is 1250. The first kappa shape index (κ1) is 21.3. The van der Waals surface area contributed by atoms with Gasteiger partial charge in [0.25, 0.3) is 10.0 Å². The van der Waals surface area contributed by atoms with E-state index in [9.17, 15) is 18.0 Å². The van der Waals surface area contributed by atoms with Crippen LogP contribution in [0.1, 0.15) is 22.8 Å². The van der Waals surface area contributed by atoms with E-state index in [1.165, 1.54) is 18.3 Å². The third-order valence-electron chi connectivity index (χ3n) is 4.90. The van der Waals surface area contributed by atoms with Crippen molar-refractivity contribution in [1.29, 1.82) is 0 Å². The van der Waals surface area contributed by atoms with E-state index in [-0.39, 0.29) is 28.2 Å². The summed E-state index contributed by atoms with van der Waals surface area (Å²) in [6, 6.07) is 11.2. The summed E-state index contributed by atoms with van der Waals surface area (Å²) in [5, 5.41) is 0. The quantitative estimate of drug-likeness (QED) is 0.590. The number of halogens is 1. The van der Waals surface area contributed by atoms with Gasteiger partial charge in [0.2, 0.25) is 0 Å².